The van der Waals surface area contributed by atoms with E-state index in [9.17, 15) is 24.4 Å². The SMILES string of the molecule is Cc1[nH]c(=O)c(C#N)c(C)c1CCC(=O)N(CC(C)C)c1c(N)n(CC(C)C)c(=O)[nH]c1=O. The molecule has 0 atom stereocenters. The van der Waals surface area contributed by atoms with Crippen molar-refractivity contribution in [1.29, 1.82) is 5.26 Å². The summed E-state index contributed by atoms with van der Waals surface area (Å²) in [5, 5.41) is 9.27. The van der Waals surface area contributed by atoms with Gasteiger partial charge in [-0.3, -0.25) is 23.9 Å². The number of aromatic nitrogens is 3. The molecule has 2 rings (SSSR count). The summed E-state index contributed by atoms with van der Waals surface area (Å²) in [5.74, 6) is -0.271. The van der Waals surface area contributed by atoms with E-state index in [0.29, 0.717) is 23.4 Å². The van der Waals surface area contributed by atoms with E-state index in [4.69, 9.17) is 5.73 Å². The number of hydrogen-bond donors (Lipinski definition) is 3. The van der Waals surface area contributed by atoms with Crippen LogP contribution in [-0.4, -0.2) is 27.0 Å². The minimum Gasteiger partial charge on any atom is -0.383 e. The Morgan fingerprint density at radius 3 is 2.27 bits per heavy atom. The van der Waals surface area contributed by atoms with Gasteiger partial charge >= 0.3 is 5.69 Å². The van der Waals surface area contributed by atoms with Crippen molar-refractivity contribution in [2.75, 3.05) is 17.2 Å². The van der Waals surface area contributed by atoms with Crippen LogP contribution in [0.2, 0.25) is 0 Å². The lowest BCUT2D eigenvalue weighted by atomic mass is 9.98. The number of H-pyrrole nitrogens is 2. The van der Waals surface area contributed by atoms with Crippen LogP contribution in [0.5, 0.6) is 0 Å². The Hall–Kier alpha value is -3.61. The Kier molecular flexibility index (Phi) is 8.03. The van der Waals surface area contributed by atoms with Crippen LogP contribution >= 0.6 is 0 Å². The van der Waals surface area contributed by atoms with Gasteiger partial charge in [-0.25, -0.2) is 4.79 Å². The van der Waals surface area contributed by atoms with Crippen LogP contribution in [0.3, 0.4) is 0 Å². The zero-order chi connectivity index (χ0) is 25.0. The summed E-state index contributed by atoms with van der Waals surface area (Å²) >= 11 is 0. The first-order chi connectivity index (χ1) is 15.4. The molecule has 0 aromatic carbocycles. The van der Waals surface area contributed by atoms with E-state index in [0.717, 1.165) is 0 Å². The number of nitrogens with one attached hydrogen (secondary N) is 2. The van der Waals surface area contributed by atoms with Crippen molar-refractivity contribution in [1.82, 2.24) is 14.5 Å². The van der Waals surface area contributed by atoms with Gasteiger partial charge in [0, 0.05) is 25.2 Å². The van der Waals surface area contributed by atoms with Gasteiger partial charge in [0.2, 0.25) is 5.91 Å². The largest absolute Gasteiger partial charge is 0.383 e. The van der Waals surface area contributed by atoms with Crippen molar-refractivity contribution in [2.45, 2.75) is 60.9 Å². The molecule has 0 unspecified atom stereocenters. The minimum absolute atomic E-state index is 0.0172. The third-order valence-corrected chi connectivity index (χ3v) is 5.39. The number of aromatic amines is 2. The summed E-state index contributed by atoms with van der Waals surface area (Å²) in [5.41, 5.74) is 6.24. The van der Waals surface area contributed by atoms with Gasteiger partial charge in [-0.2, -0.15) is 5.26 Å². The standard InChI is InChI=1S/C23H32N6O4/c1-12(2)10-28(19-20(25)29(11-13(3)4)23(33)27-22(19)32)18(30)8-7-16-14(5)17(9-24)21(31)26-15(16)6/h12-13H,7-8,10-11,25H2,1-6H3,(H,26,31)(H,27,32,33). The number of nitrogen functional groups attached to an aromatic ring is 1. The number of nitriles is 1. The average Bonchev–Trinajstić information content (AvgIpc) is 2.69. The molecule has 33 heavy (non-hydrogen) atoms. The lowest BCUT2D eigenvalue weighted by molar-refractivity contribution is -0.118. The summed E-state index contributed by atoms with van der Waals surface area (Å²) in [6.07, 6.45) is 0.285. The first-order valence-corrected chi connectivity index (χ1v) is 10.9. The van der Waals surface area contributed by atoms with Crippen molar-refractivity contribution in [3.63, 3.8) is 0 Å². The molecule has 0 aliphatic rings. The quantitative estimate of drug-likeness (QED) is 0.547. The van der Waals surface area contributed by atoms with Crippen molar-refractivity contribution in [3.05, 3.63) is 53.6 Å². The smallest absolute Gasteiger partial charge is 0.330 e. The topological polar surface area (TPSA) is 158 Å². The van der Waals surface area contributed by atoms with Gasteiger partial charge in [0.25, 0.3) is 11.1 Å². The molecular weight excluding hydrogens is 424 g/mol. The van der Waals surface area contributed by atoms with Crippen LogP contribution in [0.4, 0.5) is 11.5 Å². The van der Waals surface area contributed by atoms with Gasteiger partial charge in [0.1, 0.15) is 17.5 Å². The number of anilines is 2. The van der Waals surface area contributed by atoms with Crippen molar-refractivity contribution in [3.8, 4) is 6.07 Å². The van der Waals surface area contributed by atoms with E-state index >= 15 is 0 Å². The lowest BCUT2D eigenvalue weighted by Crippen LogP contribution is -2.43. The molecule has 178 valence electrons. The lowest BCUT2D eigenvalue weighted by Gasteiger charge is -2.26. The third kappa shape index (κ3) is 5.61. The molecule has 10 nitrogen and oxygen atoms in total. The van der Waals surface area contributed by atoms with Gasteiger partial charge in [-0.15, -0.1) is 0 Å². The number of carbonyl (C=O) groups excluding carboxylic acids is 1. The first-order valence-electron chi connectivity index (χ1n) is 10.9. The van der Waals surface area contributed by atoms with E-state index in [1.165, 1.54) is 9.47 Å². The zero-order valence-electron chi connectivity index (χ0n) is 20.0. The van der Waals surface area contributed by atoms with Gasteiger partial charge in [0.15, 0.2) is 5.69 Å². The summed E-state index contributed by atoms with van der Waals surface area (Å²) < 4.78 is 1.28. The van der Waals surface area contributed by atoms with Gasteiger partial charge in [-0.1, -0.05) is 27.7 Å². The molecule has 0 aliphatic heterocycles. The number of pyridine rings is 1. The van der Waals surface area contributed by atoms with Crippen LogP contribution in [0.1, 0.15) is 56.5 Å². The molecule has 0 saturated heterocycles. The van der Waals surface area contributed by atoms with Crippen molar-refractivity contribution >= 4 is 17.4 Å². The van der Waals surface area contributed by atoms with Crippen molar-refractivity contribution < 1.29 is 4.79 Å². The predicted molar refractivity (Wildman–Crippen MR) is 127 cm³/mol. The van der Waals surface area contributed by atoms with E-state index in [1.54, 1.807) is 13.8 Å². The van der Waals surface area contributed by atoms with Gasteiger partial charge in [0.05, 0.1) is 0 Å². The molecule has 0 saturated carbocycles. The number of aryl methyl sites for hydroxylation is 1. The number of nitrogens with two attached hydrogens (primary N) is 1. The second-order valence-corrected chi connectivity index (χ2v) is 9.07. The fourth-order valence-electron chi connectivity index (χ4n) is 3.85. The molecule has 0 aliphatic carbocycles. The van der Waals surface area contributed by atoms with E-state index in [2.05, 4.69) is 9.97 Å². The third-order valence-electron chi connectivity index (χ3n) is 5.39. The number of rotatable bonds is 8. The summed E-state index contributed by atoms with van der Waals surface area (Å²) in [6.45, 7) is 11.6. The van der Waals surface area contributed by atoms with Gasteiger partial charge in [-0.05, 0) is 43.2 Å². The Morgan fingerprint density at radius 2 is 1.73 bits per heavy atom. The maximum absolute atomic E-state index is 13.3. The fourth-order valence-corrected chi connectivity index (χ4v) is 3.85. The highest BCUT2D eigenvalue weighted by atomic mass is 16.2. The van der Waals surface area contributed by atoms with Crippen LogP contribution < -0.4 is 27.4 Å². The van der Waals surface area contributed by atoms with Crippen LogP contribution in [0.25, 0.3) is 0 Å². The van der Waals surface area contributed by atoms with E-state index < -0.39 is 16.8 Å². The summed E-state index contributed by atoms with van der Waals surface area (Å²) in [6, 6.07) is 1.90. The maximum Gasteiger partial charge on any atom is 0.330 e. The second-order valence-electron chi connectivity index (χ2n) is 9.07. The van der Waals surface area contributed by atoms with Crippen LogP contribution in [-0.2, 0) is 17.8 Å². The highest BCUT2D eigenvalue weighted by Gasteiger charge is 2.25. The molecule has 0 radical (unpaired) electrons. The highest BCUT2D eigenvalue weighted by Crippen LogP contribution is 2.22. The molecule has 0 fully saturated rings. The molecule has 4 N–H and O–H groups in total. The first kappa shape index (κ1) is 25.6. The number of amides is 1. The molecule has 1 amide bonds. The Labute approximate surface area is 192 Å². The molecule has 0 bridgehead atoms. The Balaban J connectivity index is 2.49. The second kappa shape index (κ2) is 10.3. The monoisotopic (exact) mass is 456 g/mol. The van der Waals surface area contributed by atoms with Crippen LogP contribution in [0.15, 0.2) is 14.4 Å². The molecule has 0 spiro atoms. The van der Waals surface area contributed by atoms with Gasteiger partial charge < -0.3 is 15.6 Å². The molecular formula is C23H32N6O4. The Bertz CT molecular complexity index is 1260. The minimum atomic E-state index is -0.713. The highest BCUT2D eigenvalue weighted by molar-refractivity contribution is 5.95. The maximum atomic E-state index is 13.3. The normalized spacial score (nSPS) is 11.1. The number of carbonyl (C=O) groups is 1. The predicted octanol–water partition coefficient (Wildman–Crippen LogP) is 1.57. The van der Waals surface area contributed by atoms with Crippen LogP contribution in [0, 0.1) is 37.0 Å². The molecule has 2 heterocycles. The zero-order valence-corrected chi connectivity index (χ0v) is 20.0. The summed E-state index contributed by atoms with van der Waals surface area (Å²) in [7, 11) is 0. The molecule has 2 aromatic heterocycles. The Morgan fingerprint density at radius 1 is 1.09 bits per heavy atom. The van der Waals surface area contributed by atoms with Crippen molar-refractivity contribution in [2.24, 2.45) is 11.8 Å². The molecule has 10 heteroatoms. The fraction of sp³-hybridized carbons (Fsp3) is 0.522. The van der Waals surface area contributed by atoms with E-state index in [1.807, 2.05) is 33.8 Å². The number of nitrogens with zero attached hydrogens (tertiary/aromatic N) is 3. The summed E-state index contributed by atoms with van der Waals surface area (Å²) in [4.78, 5) is 56.6. The average molecular weight is 457 g/mol. The number of hydrogen-bond acceptors (Lipinski definition) is 6. The molecule has 2 aromatic rings. The van der Waals surface area contributed by atoms with E-state index in [-0.39, 0.29) is 54.2 Å².